The molecule has 1 unspecified atom stereocenters. The Balaban J connectivity index is 0.00000576. The van der Waals surface area contributed by atoms with Crippen molar-refractivity contribution in [3.63, 3.8) is 0 Å². The molecule has 146 valence electrons. The molecule has 1 rings (SSSR count). The Labute approximate surface area is 164 Å². The minimum absolute atomic E-state index is 0. The first-order valence-electron chi connectivity index (χ1n) is 10.4. The Hall–Kier alpha value is -0.530. The van der Waals surface area contributed by atoms with E-state index in [0.29, 0.717) is 0 Å². The fourth-order valence-electron chi connectivity index (χ4n) is 3.89. The van der Waals surface area contributed by atoms with Crippen LogP contribution in [-0.2, 0) is 6.54 Å². The van der Waals surface area contributed by atoms with Crippen molar-refractivity contribution in [1.29, 1.82) is 0 Å². The van der Waals surface area contributed by atoms with Gasteiger partial charge in [0.2, 0.25) is 0 Å². The monoisotopic (exact) mass is 367 g/mol. The molecule has 0 amide bonds. The number of nitrogens with zero attached hydrogens (tertiary/aromatic N) is 1. The predicted molar refractivity (Wildman–Crippen MR) is 108 cm³/mol. The molecule has 0 aliphatic rings. The molecule has 1 atom stereocenters. The van der Waals surface area contributed by atoms with E-state index in [1.807, 2.05) is 0 Å². The standard InChI is InChI=1S/C23H42N.ClH/c1-5-7-9-10-13-17-22(16-12-8-6-2)20-24(3,4)21-23-18-14-11-15-19-23;/h11,14-15,18-19,22H,5-10,12-13,16-17,20-21H2,1-4H3;1H/q+1;/p-1. The number of unbranched alkanes of at least 4 members (excludes halogenated alkanes) is 6. The van der Waals surface area contributed by atoms with Gasteiger partial charge in [-0.2, -0.15) is 0 Å². The summed E-state index contributed by atoms with van der Waals surface area (Å²) in [6, 6.07) is 11.0. The zero-order chi connectivity index (χ0) is 17.7. The molecule has 1 aromatic carbocycles. The molecular formula is C23H42ClN. The highest BCUT2D eigenvalue weighted by Crippen LogP contribution is 2.22. The van der Waals surface area contributed by atoms with Gasteiger partial charge in [-0.15, -0.1) is 0 Å². The Morgan fingerprint density at radius 1 is 0.760 bits per heavy atom. The highest BCUT2D eigenvalue weighted by Gasteiger charge is 2.22. The molecule has 0 saturated heterocycles. The Morgan fingerprint density at radius 3 is 1.88 bits per heavy atom. The van der Waals surface area contributed by atoms with E-state index in [1.54, 1.807) is 0 Å². The summed E-state index contributed by atoms with van der Waals surface area (Å²) in [5.41, 5.74) is 1.47. The predicted octanol–water partition coefficient (Wildman–Crippen LogP) is 3.82. The third kappa shape index (κ3) is 12.5. The number of halogens is 1. The highest BCUT2D eigenvalue weighted by atomic mass is 35.5. The number of hydrogen-bond acceptors (Lipinski definition) is 0. The van der Waals surface area contributed by atoms with E-state index in [1.165, 1.54) is 76.3 Å². The third-order valence-electron chi connectivity index (χ3n) is 5.14. The van der Waals surface area contributed by atoms with Crippen LogP contribution in [0.25, 0.3) is 0 Å². The van der Waals surface area contributed by atoms with E-state index in [0.717, 1.165) is 16.9 Å². The van der Waals surface area contributed by atoms with E-state index in [-0.39, 0.29) is 12.4 Å². The molecule has 0 radical (unpaired) electrons. The van der Waals surface area contributed by atoms with Crippen molar-refractivity contribution >= 4 is 0 Å². The summed E-state index contributed by atoms with van der Waals surface area (Å²) in [7, 11) is 4.83. The van der Waals surface area contributed by atoms with Crippen molar-refractivity contribution in [2.75, 3.05) is 20.6 Å². The van der Waals surface area contributed by atoms with E-state index >= 15 is 0 Å². The second-order valence-corrected chi connectivity index (χ2v) is 8.33. The maximum atomic E-state index is 2.41. The van der Waals surface area contributed by atoms with E-state index in [2.05, 4.69) is 58.3 Å². The highest BCUT2D eigenvalue weighted by molar-refractivity contribution is 5.13. The molecule has 0 aromatic heterocycles. The Bertz CT molecular complexity index is 402. The van der Waals surface area contributed by atoms with Crippen LogP contribution in [0.4, 0.5) is 0 Å². The first-order chi connectivity index (χ1) is 11.6. The molecule has 0 heterocycles. The van der Waals surface area contributed by atoms with Gasteiger partial charge in [-0.25, -0.2) is 0 Å². The molecule has 0 spiro atoms. The summed E-state index contributed by atoms with van der Waals surface area (Å²) in [5, 5.41) is 0. The van der Waals surface area contributed by atoms with Crippen LogP contribution in [-0.4, -0.2) is 25.1 Å². The third-order valence-corrected chi connectivity index (χ3v) is 5.14. The second kappa shape index (κ2) is 14.6. The minimum atomic E-state index is 0. The fourth-order valence-corrected chi connectivity index (χ4v) is 3.89. The molecule has 25 heavy (non-hydrogen) atoms. The molecule has 0 bridgehead atoms. The van der Waals surface area contributed by atoms with Gasteiger partial charge < -0.3 is 16.9 Å². The van der Waals surface area contributed by atoms with Gasteiger partial charge in [0, 0.05) is 11.5 Å². The van der Waals surface area contributed by atoms with Crippen molar-refractivity contribution < 1.29 is 16.9 Å². The molecule has 1 nitrogen and oxygen atoms in total. The topological polar surface area (TPSA) is 0 Å². The summed E-state index contributed by atoms with van der Waals surface area (Å²) in [6.45, 7) is 7.10. The largest absolute Gasteiger partial charge is 1.00 e. The van der Waals surface area contributed by atoms with Crippen molar-refractivity contribution in [2.24, 2.45) is 5.92 Å². The van der Waals surface area contributed by atoms with Gasteiger partial charge in [-0.1, -0.05) is 95.5 Å². The SMILES string of the molecule is CCCCCCCC(CCCCC)C[N+](C)(C)Cc1ccccc1.[Cl-]. The van der Waals surface area contributed by atoms with Crippen LogP contribution < -0.4 is 12.4 Å². The zero-order valence-corrected chi connectivity index (χ0v) is 18.0. The second-order valence-electron chi connectivity index (χ2n) is 8.33. The molecular weight excluding hydrogens is 326 g/mol. The number of hydrogen-bond donors (Lipinski definition) is 0. The summed E-state index contributed by atoms with van der Waals surface area (Å²) in [5.74, 6) is 0.900. The fraction of sp³-hybridized carbons (Fsp3) is 0.739. The molecule has 0 aliphatic carbocycles. The van der Waals surface area contributed by atoms with Crippen LogP contribution >= 0.6 is 0 Å². The van der Waals surface area contributed by atoms with E-state index < -0.39 is 0 Å². The van der Waals surface area contributed by atoms with Crippen LogP contribution in [0, 0.1) is 5.92 Å². The molecule has 0 fully saturated rings. The summed E-state index contributed by atoms with van der Waals surface area (Å²) >= 11 is 0. The van der Waals surface area contributed by atoms with E-state index in [9.17, 15) is 0 Å². The maximum absolute atomic E-state index is 2.41. The van der Waals surface area contributed by atoms with Crippen molar-refractivity contribution in [3.8, 4) is 0 Å². The van der Waals surface area contributed by atoms with Gasteiger partial charge >= 0.3 is 0 Å². The lowest BCUT2D eigenvalue weighted by Crippen LogP contribution is -3.00. The lowest BCUT2D eigenvalue weighted by atomic mass is 9.93. The molecule has 0 saturated carbocycles. The van der Waals surface area contributed by atoms with Crippen LogP contribution in [0.1, 0.15) is 83.6 Å². The van der Waals surface area contributed by atoms with Crippen LogP contribution in [0.3, 0.4) is 0 Å². The first kappa shape index (κ1) is 24.5. The lowest BCUT2D eigenvalue weighted by Gasteiger charge is -2.34. The average molecular weight is 368 g/mol. The van der Waals surface area contributed by atoms with Gasteiger partial charge in [0.15, 0.2) is 0 Å². The van der Waals surface area contributed by atoms with Crippen molar-refractivity contribution in [2.45, 2.75) is 84.6 Å². The summed E-state index contributed by atoms with van der Waals surface area (Å²) < 4.78 is 1.12. The van der Waals surface area contributed by atoms with Crippen LogP contribution in [0.5, 0.6) is 0 Å². The Kier molecular flexibility index (Phi) is 14.3. The summed E-state index contributed by atoms with van der Waals surface area (Å²) in [4.78, 5) is 0. The minimum Gasteiger partial charge on any atom is -1.00 e. The van der Waals surface area contributed by atoms with Crippen LogP contribution in [0.2, 0.25) is 0 Å². The van der Waals surface area contributed by atoms with E-state index in [4.69, 9.17) is 0 Å². The van der Waals surface area contributed by atoms with Gasteiger partial charge in [0.25, 0.3) is 0 Å². The number of quaternary nitrogens is 1. The van der Waals surface area contributed by atoms with Crippen LogP contribution in [0.15, 0.2) is 30.3 Å². The molecule has 1 aromatic rings. The first-order valence-corrected chi connectivity index (χ1v) is 10.4. The quantitative estimate of drug-likeness (QED) is 0.346. The number of rotatable bonds is 14. The average Bonchev–Trinajstić information content (AvgIpc) is 2.55. The van der Waals surface area contributed by atoms with Gasteiger partial charge in [0.05, 0.1) is 20.6 Å². The van der Waals surface area contributed by atoms with Crippen molar-refractivity contribution in [3.05, 3.63) is 35.9 Å². The molecule has 0 N–H and O–H groups in total. The zero-order valence-electron chi connectivity index (χ0n) is 17.3. The van der Waals surface area contributed by atoms with Crippen molar-refractivity contribution in [1.82, 2.24) is 0 Å². The van der Waals surface area contributed by atoms with Gasteiger partial charge in [-0.05, 0) is 12.8 Å². The summed E-state index contributed by atoms with van der Waals surface area (Å²) in [6.07, 6.45) is 14.1. The Morgan fingerprint density at radius 2 is 1.28 bits per heavy atom. The smallest absolute Gasteiger partial charge is 0.104 e. The van der Waals surface area contributed by atoms with Gasteiger partial charge in [-0.3, -0.25) is 0 Å². The normalized spacial score (nSPS) is 12.6. The maximum Gasteiger partial charge on any atom is 0.104 e. The lowest BCUT2D eigenvalue weighted by molar-refractivity contribution is -0.907. The van der Waals surface area contributed by atoms with Gasteiger partial charge in [0.1, 0.15) is 6.54 Å². The molecule has 2 heteroatoms. The molecule has 0 aliphatic heterocycles. The number of benzene rings is 1.